The van der Waals surface area contributed by atoms with E-state index in [0.717, 1.165) is 21.7 Å². The fraction of sp³-hybridized carbons (Fsp3) is 0.190. The van der Waals surface area contributed by atoms with E-state index in [4.69, 9.17) is 0 Å². The van der Waals surface area contributed by atoms with Crippen LogP contribution in [0.3, 0.4) is 0 Å². The summed E-state index contributed by atoms with van der Waals surface area (Å²) in [6.07, 6.45) is 2.12. The summed E-state index contributed by atoms with van der Waals surface area (Å²) in [5.41, 5.74) is 4.86. The molecular weight excluding hydrogens is 412 g/mol. The molecule has 0 amide bonds. The molecule has 0 aliphatic heterocycles. The van der Waals surface area contributed by atoms with Crippen LogP contribution in [0.15, 0.2) is 42.6 Å². The molecular formula is C21H16FIN+. The Bertz CT molecular complexity index is 1210. The number of rotatable bonds is 0. The van der Waals surface area contributed by atoms with Gasteiger partial charge < -0.3 is 0 Å². The van der Waals surface area contributed by atoms with Gasteiger partial charge >= 0.3 is 22.9 Å². The van der Waals surface area contributed by atoms with E-state index < -0.39 is 0 Å². The molecule has 1 nitrogen and oxygen atoms in total. The molecule has 3 aromatic carbocycles. The van der Waals surface area contributed by atoms with Gasteiger partial charge in [-0.05, 0) is 46.5 Å². The molecule has 0 N–H and O–H groups in total. The summed E-state index contributed by atoms with van der Waals surface area (Å²) >= 11 is 2.34. The van der Waals surface area contributed by atoms with Crippen LogP contribution >= 0.6 is 22.9 Å². The lowest BCUT2D eigenvalue weighted by Gasteiger charge is -2.21. The second kappa shape index (κ2) is 4.45. The maximum Gasteiger partial charge on any atom is 0.354 e. The first-order valence-corrected chi connectivity index (χ1v) is 9.08. The Morgan fingerprint density at radius 3 is 2.50 bits per heavy atom. The van der Waals surface area contributed by atoms with Crippen LogP contribution in [-0.4, -0.2) is 0 Å². The predicted octanol–water partition coefficient (Wildman–Crippen LogP) is 5.72. The van der Waals surface area contributed by atoms with Crippen molar-refractivity contribution in [2.24, 2.45) is 0 Å². The van der Waals surface area contributed by atoms with Gasteiger partial charge in [-0.25, -0.2) is 4.39 Å². The predicted molar refractivity (Wildman–Crippen MR) is 105 cm³/mol. The van der Waals surface area contributed by atoms with Crippen molar-refractivity contribution in [3.8, 4) is 0 Å². The molecule has 4 aromatic rings. The second-order valence-electron chi connectivity index (χ2n) is 7.26. The van der Waals surface area contributed by atoms with Gasteiger partial charge in [-0.3, -0.25) is 0 Å². The molecule has 1 aromatic heterocycles. The van der Waals surface area contributed by atoms with Crippen molar-refractivity contribution in [2.75, 3.05) is 0 Å². The number of fused-ring (bicyclic) bond motifs is 3. The van der Waals surface area contributed by atoms with Crippen LogP contribution in [0.4, 0.5) is 4.39 Å². The molecule has 0 saturated heterocycles. The summed E-state index contributed by atoms with van der Waals surface area (Å²) in [5, 5.41) is 5.94. The maximum absolute atomic E-state index is 14.2. The zero-order valence-electron chi connectivity index (χ0n) is 13.7. The van der Waals surface area contributed by atoms with E-state index in [9.17, 15) is 4.39 Å². The summed E-state index contributed by atoms with van der Waals surface area (Å²) in [6.45, 7) is 6.57. The average Bonchev–Trinajstić information content (AvgIpc) is 2.76. The largest absolute Gasteiger partial charge is 0.354 e. The summed E-state index contributed by atoms with van der Waals surface area (Å²) < 4.78 is 16.3. The second-order valence-corrected chi connectivity index (χ2v) is 8.30. The number of aromatic nitrogens is 1. The lowest BCUT2D eigenvalue weighted by Crippen LogP contribution is -2.22. The Kier molecular flexibility index (Phi) is 2.70. The van der Waals surface area contributed by atoms with Crippen molar-refractivity contribution in [3.63, 3.8) is 0 Å². The topological polar surface area (TPSA) is 3.88 Å². The van der Waals surface area contributed by atoms with Gasteiger partial charge in [-0.15, -0.1) is 2.78 Å². The van der Waals surface area contributed by atoms with Gasteiger partial charge in [-0.2, -0.15) is 0 Å². The average molecular weight is 428 g/mol. The van der Waals surface area contributed by atoms with E-state index >= 15 is 0 Å². The summed E-state index contributed by atoms with van der Waals surface area (Å²) in [4.78, 5) is 0. The first-order chi connectivity index (χ1) is 11.4. The lowest BCUT2D eigenvalue weighted by atomic mass is 9.82. The Balaban J connectivity index is 2.27. The van der Waals surface area contributed by atoms with E-state index in [-0.39, 0.29) is 11.2 Å². The minimum Gasteiger partial charge on any atom is -0.207 e. The first-order valence-electron chi connectivity index (χ1n) is 8.11. The summed E-state index contributed by atoms with van der Waals surface area (Å²) in [7, 11) is 0. The third-order valence-corrected chi connectivity index (χ3v) is 6.38. The molecule has 0 atom stereocenters. The van der Waals surface area contributed by atoms with Crippen LogP contribution < -0.4 is 2.78 Å². The molecule has 3 heteroatoms. The number of hydrogen-bond donors (Lipinski definition) is 0. The molecule has 0 unspecified atom stereocenters. The highest BCUT2D eigenvalue weighted by Crippen LogP contribution is 2.50. The standard InChI is InChI=1S/C21H16FIN/c1-11-9-12(22)10-14-13-5-4-6-15-18(13)19-16(21(15,2)3)7-8-24(23)20(19)17(11)14/h4-10H,1-3H3/q+1. The number of halogens is 2. The molecule has 24 heavy (non-hydrogen) atoms. The van der Waals surface area contributed by atoms with Crippen molar-refractivity contribution in [2.45, 2.75) is 26.2 Å². The maximum atomic E-state index is 14.2. The minimum atomic E-state index is -0.166. The van der Waals surface area contributed by atoms with Crippen LogP contribution in [0.2, 0.25) is 0 Å². The third kappa shape index (κ3) is 1.56. The molecule has 0 fully saturated rings. The van der Waals surface area contributed by atoms with Gasteiger partial charge in [0.25, 0.3) is 0 Å². The van der Waals surface area contributed by atoms with Crippen LogP contribution in [0.1, 0.15) is 30.5 Å². The Hall–Kier alpha value is -1.75. The van der Waals surface area contributed by atoms with Gasteiger partial charge in [0.05, 0.1) is 10.8 Å². The molecule has 1 heterocycles. The van der Waals surface area contributed by atoms with Gasteiger partial charge in [0.1, 0.15) is 5.82 Å². The van der Waals surface area contributed by atoms with Crippen molar-refractivity contribution in [3.05, 3.63) is 65.1 Å². The van der Waals surface area contributed by atoms with Crippen molar-refractivity contribution in [1.29, 1.82) is 0 Å². The summed E-state index contributed by atoms with van der Waals surface area (Å²) in [5.74, 6) is -0.166. The van der Waals surface area contributed by atoms with E-state index in [1.165, 1.54) is 27.4 Å². The highest BCUT2D eigenvalue weighted by Gasteiger charge is 2.37. The fourth-order valence-electron chi connectivity index (χ4n) is 4.52. The number of hydrogen-bond acceptors (Lipinski definition) is 0. The number of aryl methyl sites for hydroxylation is 1. The third-order valence-electron chi connectivity index (χ3n) is 5.58. The van der Waals surface area contributed by atoms with Crippen molar-refractivity contribution >= 4 is 55.3 Å². The first kappa shape index (κ1) is 14.6. The Labute approximate surface area is 153 Å². The van der Waals surface area contributed by atoms with Crippen molar-refractivity contribution < 1.29 is 7.17 Å². The quantitative estimate of drug-likeness (QED) is 0.249. The summed E-state index contributed by atoms with van der Waals surface area (Å²) in [6, 6.07) is 12.0. The fourth-order valence-corrected chi connectivity index (χ4v) is 5.16. The molecule has 0 radical (unpaired) electrons. The van der Waals surface area contributed by atoms with Gasteiger partial charge in [0.15, 0.2) is 6.20 Å². The van der Waals surface area contributed by atoms with E-state index in [0.29, 0.717) is 0 Å². The minimum absolute atomic E-state index is 0.0329. The zero-order valence-corrected chi connectivity index (χ0v) is 15.9. The molecule has 118 valence electrons. The SMILES string of the molecule is Cc1cc(F)cc2c3cccc4c3c3c(cc[n+](I)c3c12)C4(C)C. The number of benzene rings is 3. The smallest absolute Gasteiger partial charge is 0.207 e. The molecule has 1 aliphatic rings. The van der Waals surface area contributed by atoms with Gasteiger partial charge in [-0.1, -0.05) is 32.0 Å². The highest BCUT2D eigenvalue weighted by atomic mass is 127. The molecule has 5 rings (SSSR count). The molecule has 0 spiro atoms. The lowest BCUT2D eigenvalue weighted by molar-refractivity contribution is -0.406. The van der Waals surface area contributed by atoms with Gasteiger partial charge in [0.2, 0.25) is 5.52 Å². The molecule has 1 aliphatic carbocycles. The van der Waals surface area contributed by atoms with Crippen LogP contribution in [0.25, 0.3) is 32.4 Å². The monoisotopic (exact) mass is 428 g/mol. The van der Waals surface area contributed by atoms with Crippen LogP contribution in [0, 0.1) is 12.7 Å². The van der Waals surface area contributed by atoms with Gasteiger partial charge in [0, 0.05) is 16.9 Å². The normalized spacial score (nSPS) is 15.2. The van der Waals surface area contributed by atoms with E-state index in [1.807, 2.05) is 6.92 Å². The van der Waals surface area contributed by atoms with E-state index in [1.54, 1.807) is 12.1 Å². The van der Waals surface area contributed by atoms with Crippen LogP contribution in [0.5, 0.6) is 0 Å². The number of nitrogens with zero attached hydrogens (tertiary/aromatic N) is 1. The highest BCUT2D eigenvalue weighted by molar-refractivity contribution is 14.1. The van der Waals surface area contributed by atoms with Crippen molar-refractivity contribution in [1.82, 2.24) is 0 Å². The Morgan fingerprint density at radius 2 is 1.71 bits per heavy atom. The number of pyridine rings is 1. The van der Waals surface area contributed by atoms with Crippen LogP contribution in [-0.2, 0) is 5.41 Å². The Morgan fingerprint density at radius 1 is 0.958 bits per heavy atom. The van der Waals surface area contributed by atoms with E-state index in [2.05, 4.69) is 70.0 Å². The molecule has 0 saturated carbocycles. The zero-order chi connectivity index (χ0) is 16.8. The molecule has 0 bridgehead atoms.